The van der Waals surface area contributed by atoms with Gasteiger partial charge in [0.05, 0.1) is 4.90 Å². The van der Waals surface area contributed by atoms with Gasteiger partial charge >= 0.3 is 5.97 Å². The number of hydrogen-bond donors (Lipinski definition) is 3. The average molecular weight is 390 g/mol. The van der Waals surface area contributed by atoms with Crippen LogP contribution in [0.15, 0.2) is 47.4 Å². The molecule has 2 aromatic carbocycles. The fraction of sp³-hybridized carbons (Fsp3) is 0.263. The van der Waals surface area contributed by atoms with Gasteiger partial charge in [0.2, 0.25) is 0 Å². The van der Waals surface area contributed by atoms with Gasteiger partial charge in [0.15, 0.2) is 0 Å². The molecule has 0 saturated carbocycles. The zero-order valence-electron chi connectivity index (χ0n) is 15.3. The zero-order valence-corrected chi connectivity index (χ0v) is 16.1. The Bertz CT molecular complexity index is 970. The van der Waals surface area contributed by atoms with Crippen molar-refractivity contribution in [2.24, 2.45) is 0 Å². The predicted molar refractivity (Wildman–Crippen MR) is 102 cm³/mol. The third kappa shape index (κ3) is 5.07. The van der Waals surface area contributed by atoms with Gasteiger partial charge in [0.25, 0.3) is 15.9 Å². The molecule has 0 bridgehead atoms. The van der Waals surface area contributed by atoms with E-state index < -0.39 is 27.9 Å². The summed E-state index contributed by atoms with van der Waals surface area (Å²) in [6, 6.07) is 10.0. The summed E-state index contributed by atoms with van der Waals surface area (Å²) in [6.45, 7) is 5.15. The second kappa shape index (κ2) is 8.22. The van der Waals surface area contributed by atoms with E-state index in [0.717, 1.165) is 5.56 Å². The van der Waals surface area contributed by atoms with E-state index in [1.54, 1.807) is 32.9 Å². The molecule has 1 unspecified atom stereocenters. The number of carbonyl (C=O) groups excluding carboxylic acids is 1. The first kappa shape index (κ1) is 20.4. The lowest BCUT2D eigenvalue weighted by molar-refractivity contribution is -0.139. The molecule has 0 radical (unpaired) electrons. The number of aryl methyl sites for hydroxylation is 2. The Morgan fingerprint density at radius 2 is 1.81 bits per heavy atom. The molecule has 2 aromatic rings. The number of rotatable bonds is 7. The smallest absolute Gasteiger partial charge is 0.326 e. The molecule has 0 saturated heterocycles. The van der Waals surface area contributed by atoms with Gasteiger partial charge < -0.3 is 10.4 Å². The van der Waals surface area contributed by atoms with Gasteiger partial charge in [0.1, 0.15) is 6.04 Å². The minimum absolute atomic E-state index is 0.161. The summed E-state index contributed by atoms with van der Waals surface area (Å²) in [5.41, 5.74) is 1.80. The van der Waals surface area contributed by atoms with Crippen LogP contribution in [-0.2, 0) is 14.8 Å². The van der Waals surface area contributed by atoms with Crippen molar-refractivity contribution in [1.82, 2.24) is 5.32 Å². The van der Waals surface area contributed by atoms with Crippen LogP contribution in [0.5, 0.6) is 0 Å². The fourth-order valence-electron chi connectivity index (χ4n) is 2.51. The molecule has 0 heterocycles. The Labute approximate surface area is 158 Å². The van der Waals surface area contributed by atoms with Crippen LogP contribution in [0.3, 0.4) is 0 Å². The van der Waals surface area contributed by atoms with Crippen LogP contribution in [-0.4, -0.2) is 31.4 Å². The first-order valence-corrected chi connectivity index (χ1v) is 9.86. The molecule has 27 heavy (non-hydrogen) atoms. The van der Waals surface area contributed by atoms with Crippen molar-refractivity contribution in [3.63, 3.8) is 0 Å². The van der Waals surface area contributed by atoms with Gasteiger partial charge in [0, 0.05) is 11.3 Å². The average Bonchev–Trinajstić information content (AvgIpc) is 2.61. The second-order valence-electron chi connectivity index (χ2n) is 6.23. The number of carboxylic acid groups (broad SMARTS) is 1. The van der Waals surface area contributed by atoms with Crippen LogP contribution in [0.2, 0.25) is 0 Å². The first-order valence-electron chi connectivity index (χ1n) is 8.38. The Balaban J connectivity index is 2.26. The molecular weight excluding hydrogens is 368 g/mol. The molecule has 0 spiro atoms. The van der Waals surface area contributed by atoms with Crippen LogP contribution in [0.25, 0.3) is 0 Å². The van der Waals surface area contributed by atoms with E-state index in [-0.39, 0.29) is 22.6 Å². The lowest BCUT2D eigenvalue weighted by atomic mass is 10.1. The minimum Gasteiger partial charge on any atom is -0.480 e. The molecule has 0 aliphatic carbocycles. The number of nitrogens with one attached hydrogen (secondary N) is 2. The molecule has 0 aliphatic heterocycles. The number of carboxylic acids is 1. The second-order valence-corrected chi connectivity index (χ2v) is 7.88. The predicted octanol–water partition coefficient (Wildman–Crippen LogP) is 2.70. The van der Waals surface area contributed by atoms with E-state index in [1.165, 1.54) is 24.3 Å². The molecule has 8 heteroatoms. The van der Waals surface area contributed by atoms with Crippen molar-refractivity contribution in [2.75, 3.05) is 4.72 Å². The maximum Gasteiger partial charge on any atom is 0.326 e. The summed E-state index contributed by atoms with van der Waals surface area (Å²) in [5.74, 6) is -1.71. The van der Waals surface area contributed by atoms with E-state index in [4.69, 9.17) is 5.11 Å². The molecule has 0 fully saturated rings. The van der Waals surface area contributed by atoms with Crippen molar-refractivity contribution in [3.05, 3.63) is 59.2 Å². The topological polar surface area (TPSA) is 113 Å². The van der Waals surface area contributed by atoms with E-state index in [2.05, 4.69) is 10.0 Å². The molecule has 2 rings (SSSR count). The van der Waals surface area contributed by atoms with Crippen molar-refractivity contribution < 1.29 is 23.1 Å². The summed E-state index contributed by atoms with van der Waals surface area (Å²) in [4.78, 5) is 23.5. The van der Waals surface area contributed by atoms with Gasteiger partial charge in [-0.05, 0) is 55.7 Å². The molecule has 144 valence electrons. The number of sulfonamides is 1. The maximum atomic E-state index is 12.7. The van der Waals surface area contributed by atoms with Crippen LogP contribution >= 0.6 is 0 Å². The van der Waals surface area contributed by atoms with E-state index in [9.17, 15) is 18.0 Å². The summed E-state index contributed by atoms with van der Waals surface area (Å²) >= 11 is 0. The Hall–Kier alpha value is -2.87. The highest BCUT2D eigenvalue weighted by atomic mass is 32.2. The summed E-state index contributed by atoms with van der Waals surface area (Å²) in [7, 11) is -3.83. The Morgan fingerprint density at radius 1 is 1.11 bits per heavy atom. The lowest BCUT2D eigenvalue weighted by Crippen LogP contribution is -2.40. The van der Waals surface area contributed by atoms with Gasteiger partial charge in [-0.15, -0.1) is 0 Å². The zero-order chi connectivity index (χ0) is 20.2. The number of amides is 1. The molecule has 1 amide bonds. The highest BCUT2D eigenvalue weighted by molar-refractivity contribution is 7.92. The molecule has 7 nitrogen and oxygen atoms in total. The maximum absolute atomic E-state index is 12.7. The number of benzene rings is 2. The van der Waals surface area contributed by atoms with Gasteiger partial charge in [-0.2, -0.15) is 0 Å². The van der Waals surface area contributed by atoms with Gasteiger partial charge in [-0.25, -0.2) is 13.2 Å². The van der Waals surface area contributed by atoms with E-state index >= 15 is 0 Å². The monoisotopic (exact) mass is 390 g/mol. The van der Waals surface area contributed by atoms with Crippen LogP contribution in [0.4, 0.5) is 5.69 Å². The number of hydrogen-bond acceptors (Lipinski definition) is 4. The standard InChI is InChI=1S/C19H22N2O5S/c1-4-16(19(23)24)20-18(22)14-6-5-7-15(11-14)21-27(25,26)17-10-12(2)8-9-13(17)3/h5-11,16,21H,4H2,1-3H3,(H,20,22)(H,23,24). The Morgan fingerprint density at radius 3 is 2.44 bits per heavy atom. The van der Waals surface area contributed by atoms with Crippen molar-refractivity contribution in [1.29, 1.82) is 0 Å². The largest absolute Gasteiger partial charge is 0.480 e. The summed E-state index contributed by atoms with van der Waals surface area (Å²) in [6.07, 6.45) is 0.236. The fourth-order valence-corrected chi connectivity index (χ4v) is 3.89. The van der Waals surface area contributed by atoms with Crippen LogP contribution < -0.4 is 10.0 Å². The minimum atomic E-state index is -3.83. The molecule has 0 aliphatic rings. The third-order valence-corrected chi connectivity index (χ3v) is 5.55. The summed E-state index contributed by atoms with van der Waals surface area (Å²) in [5, 5.41) is 11.4. The van der Waals surface area contributed by atoms with Crippen LogP contribution in [0.1, 0.15) is 34.8 Å². The Kier molecular flexibility index (Phi) is 6.22. The van der Waals surface area contributed by atoms with Crippen molar-refractivity contribution >= 4 is 27.6 Å². The number of aliphatic carboxylic acids is 1. The SMILES string of the molecule is CCC(NC(=O)c1cccc(NS(=O)(=O)c2cc(C)ccc2C)c1)C(=O)O. The normalized spacial score (nSPS) is 12.3. The van der Waals surface area contributed by atoms with Crippen LogP contribution in [0, 0.1) is 13.8 Å². The van der Waals surface area contributed by atoms with Gasteiger partial charge in [-0.1, -0.05) is 25.1 Å². The van der Waals surface area contributed by atoms with E-state index in [1.807, 2.05) is 6.07 Å². The van der Waals surface area contributed by atoms with E-state index in [0.29, 0.717) is 5.56 Å². The highest BCUT2D eigenvalue weighted by Crippen LogP contribution is 2.21. The molecular formula is C19H22N2O5S. The van der Waals surface area contributed by atoms with Crippen molar-refractivity contribution in [3.8, 4) is 0 Å². The quantitative estimate of drug-likeness (QED) is 0.673. The molecule has 1 atom stereocenters. The van der Waals surface area contributed by atoms with Gasteiger partial charge in [-0.3, -0.25) is 9.52 Å². The number of anilines is 1. The summed E-state index contributed by atoms with van der Waals surface area (Å²) < 4.78 is 27.8. The molecule has 0 aromatic heterocycles. The van der Waals surface area contributed by atoms with Crippen molar-refractivity contribution in [2.45, 2.75) is 38.1 Å². The first-order chi connectivity index (χ1) is 12.6. The number of carbonyl (C=O) groups is 2. The third-order valence-electron chi connectivity index (χ3n) is 4.02. The highest BCUT2D eigenvalue weighted by Gasteiger charge is 2.20. The molecule has 3 N–H and O–H groups in total. The lowest BCUT2D eigenvalue weighted by Gasteiger charge is -2.14.